The van der Waals surface area contributed by atoms with Crippen LogP contribution in [-0.4, -0.2) is 141 Å². The Morgan fingerprint density at radius 3 is 0.881 bits per heavy atom. The van der Waals surface area contributed by atoms with E-state index in [0.717, 1.165) is 103 Å². The fourth-order valence-electron chi connectivity index (χ4n) is 9.87. The molecule has 14 heteroatoms. The fraction of sp³-hybridized carbons (Fsp3) is 0.856. The molecule has 0 fully saturated rings. The van der Waals surface area contributed by atoms with Gasteiger partial charge >= 0.3 is 0 Å². The third kappa shape index (κ3) is 126. The van der Waals surface area contributed by atoms with E-state index >= 15 is 0 Å². The minimum atomic E-state index is -0.300. The average molecular weight is 1680 g/mol. The Morgan fingerprint density at radius 1 is 0.297 bits per heavy atom. The maximum atomic E-state index is 10.9. The molecule has 118 heavy (non-hydrogen) atoms. The molecule has 1 unspecified atom stereocenters. The van der Waals surface area contributed by atoms with Gasteiger partial charge in [-0.2, -0.15) is 0 Å². The van der Waals surface area contributed by atoms with E-state index in [4.69, 9.17) is 42.2 Å². The number of unbranched alkanes of at least 4 members (excludes halogenated alkanes) is 15. The highest BCUT2D eigenvalue weighted by Crippen LogP contribution is 2.19. The summed E-state index contributed by atoms with van der Waals surface area (Å²) in [6.07, 6.45) is 64.6. The first-order chi connectivity index (χ1) is 54.8. The molecule has 0 bridgehead atoms. The van der Waals surface area contributed by atoms with Crippen LogP contribution in [0.4, 0.5) is 0 Å². The molecule has 0 saturated heterocycles. The van der Waals surface area contributed by atoms with Crippen molar-refractivity contribution in [1.29, 1.82) is 0 Å². The summed E-state index contributed by atoms with van der Waals surface area (Å²) < 4.78 is 0. The maximum absolute atomic E-state index is 10.9. The molecule has 14 nitrogen and oxygen atoms in total. The number of rotatable bonds is 57. The number of carbonyl (C=O) groups is 3. The lowest BCUT2D eigenvalue weighted by atomic mass is 9.98. The van der Waals surface area contributed by atoms with E-state index in [-0.39, 0.29) is 92.1 Å². The molecule has 0 radical (unpaired) electrons. The van der Waals surface area contributed by atoms with Crippen molar-refractivity contribution in [2.45, 2.75) is 519 Å². The largest absolute Gasteiger partial charge is 0.393 e. The Bertz CT molecular complexity index is 2170. The Kier molecular flexibility index (Phi) is 122. The smallest absolute Gasteiger partial charge is 0.155 e. The number of terminal acetylenes is 1. The molecule has 21 atom stereocenters. The molecule has 0 aromatic heterocycles. The van der Waals surface area contributed by atoms with Gasteiger partial charge in [0.15, 0.2) is 5.78 Å². The molecule has 710 valence electrons. The number of hydrogen-bond donors (Lipinski definition) is 11. The summed E-state index contributed by atoms with van der Waals surface area (Å²) in [7, 11) is 0. The van der Waals surface area contributed by atoms with Crippen LogP contribution in [0.15, 0.2) is 60.8 Å². The van der Waals surface area contributed by atoms with Gasteiger partial charge in [-0.3, -0.25) is 9.59 Å². The first-order valence-electron chi connectivity index (χ1n) is 47.5. The van der Waals surface area contributed by atoms with E-state index in [1.165, 1.54) is 116 Å². The molecule has 0 aromatic rings. The van der Waals surface area contributed by atoms with Crippen molar-refractivity contribution in [2.75, 3.05) is 0 Å². The zero-order chi connectivity index (χ0) is 92.5. The predicted octanol–water partition coefficient (Wildman–Crippen LogP) is 26.2. The second-order valence-corrected chi connectivity index (χ2v) is 34.9. The van der Waals surface area contributed by atoms with Gasteiger partial charge in [0.25, 0.3) is 0 Å². The van der Waals surface area contributed by atoms with E-state index in [1.54, 1.807) is 33.8 Å². The van der Waals surface area contributed by atoms with Crippen LogP contribution in [0.3, 0.4) is 0 Å². The van der Waals surface area contributed by atoms with Crippen LogP contribution in [0, 0.1) is 71.5 Å². The Hall–Kier alpha value is -3.17. The van der Waals surface area contributed by atoms with Crippen LogP contribution in [0.5, 0.6) is 0 Å². The molecule has 0 heterocycles. The van der Waals surface area contributed by atoms with Gasteiger partial charge in [0.2, 0.25) is 0 Å². The predicted molar refractivity (Wildman–Crippen MR) is 517 cm³/mol. The topological polar surface area (TPSA) is 274 Å². The lowest BCUT2D eigenvalue weighted by Gasteiger charge is -2.14. The van der Waals surface area contributed by atoms with Gasteiger partial charge in [0, 0.05) is 32.1 Å². The van der Waals surface area contributed by atoms with E-state index in [9.17, 15) is 34.8 Å². The quantitative estimate of drug-likeness (QED) is 0.0117. The molecule has 0 spiro atoms. The van der Waals surface area contributed by atoms with Gasteiger partial charge in [0.1, 0.15) is 11.6 Å². The van der Waals surface area contributed by atoms with E-state index in [2.05, 4.69) is 104 Å². The molecular formula is C104H210O14. The number of aliphatic hydroxyl groups is 11. The van der Waals surface area contributed by atoms with E-state index in [1.807, 2.05) is 130 Å². The van der Waals surface area contributed by atoms with Crippen LogP contribution in [0.1, 0.15) is 452 Å². The molecule has 0 rings (SSSR count). The molecule has 0 aliphatic carbocycles. The lowest BCUT2D eigenvalue weighted by Crippen LogP contribution is -2.13. The number of ketones is 3. The van der Waals surface area contributed by atoms with Crippen LogP contribution < -0.4 is 0 Å². The lowest BCUT2D eigenvalue weighted by molar-refractivity contribution is -0.119. The Balaban J connectivity index is -0.000000120. The Labute approximate surface area is 735 Å². The summed E-state index contributed by atoms with van der Waals surface area (Å²) in [5.41, 5.74) is 0. The minimum absolute atomic E-state index is 0. The number of carbonyl (C=O) groups excluding carboxylic acids is 3. The summed E-state index contributed by atoms with van der Waals surface area (Å²) in [6.45, 7) is 56.9. The second-order valence-electron chi connectivity index (χ2n) is 34.9. The van der Waals surface area contributed by atoms with Crippen molar-refractivity contribution in [2.24, 2.45) is 59.2 Å². The first-order valence-corrected chi connectivity index (χ1v) is 47.5. The molecular weight excluding hydrogens is 1470 g/mol. The SMILES string of the molecule is C.C#CCC/C=C/C[C@@H](C)[C@H](C)O.C/C=C/C[C@@H](C)[C@H](C)O.CC(=O)CCCC/C=C/C[C@@H](C)[C@H](C)O.CC(O)CCC[C@@H](C)[C@H](C)O.CCC(=O)/C=C/C[C@@H](C)[C@H](C)O.CCC(=O)CCC[C@@H](C)[C@H](C)O.CCCCC/C=C/C[C@@H](C)[C@H](C)O.CCCCCCCC[C@@H](C)[C@H](C)O.CCCCCC[C@@H](C)[C@H](C)O.CCCC[C@@H](C)[C@H](C)O. The molecule has 0 amide bonds. The van der Waals surface area contributed by atoms with E-state index in [0.29, 0.717) is 84.7 Å². The number of hydrogen-bond acceptors (Lipinski definition) is 14. The zero-order valence-corrected chi connectivity index (χ0v) is 82.5. The van der Waals surface area contributed by atoms with Crippen molar-refractivity contribution in [3.05, 3.63) is 60.8 Å². The molecule has 0 aliphatic heterocycles. The third-order valence-corrected chi connectivity index (χ3v) is 22.1. The normalized spacial score (nSPS) is 16.4. The van der Waals surface area contributed by atoms with Gasteiger partial charge in [-0.05, 0) is 271 Å². The summed E-state index contributed by atoms with van der Waals surface area (Å²) in [5, 5.41) is 100. The molecule has 0 aromatic carbocycles. The highest BCUT2D eigenvalue weighted by Gasteiger charge is 2.14. The highest BCUT2D eigenvalue weighted by atomic mass is 16.3. The van der Waals surface area contributed by atoms with Crippen LogP contribution in [0.25, 0.3) is 0 Å². The number of Topliss-reactive ketones (excluding diaryl/α,β-unsaturated/α-hetero) is 2. The monoisotopic (exact) mass is 1680 g/mol. The summed E-state index contributed by atoms with van der Waals surface area (Å²) in [5.74, 6) is 7.11. The van der Waals surface area contributed by atoms with Gasteiger partial charge in [-0.1, -0.05) is 269 Å². The fourth-order valence-corrected chi connectivity index (χ4v) is 9.87. The standard InChI is InChI=1S/C13H24O2.C12H26O.C12H24O.C11H18O.C10H20O2.C10H18O2.C10H22O.C9H20O2.C8H18O.C8H16O.CH4/c1-11(13(3)15)9-7-5-4-6-8-10-12(2)14;2*1-4-5-6-7-8-9-10-11(2)12(3)13;1-4-5-6-7-8-9-10(2)11(3)12;2*1-4-10(12)7-5-6-8(2)9(3)11;1-4-5-6-7-8-9(2)10(3)11;1-7(9(3)11)5-4-6-8(2)10;2*1-4-5-6-7(2)8(3)9;/h5,7,11,13,15H,4,6,8-10H2,1-3H3;11-13H,4-10H2,1-3H3;8-9,11-13H,4-7,10H2,1-3H3;1,7-8,10-12H,5-6,9H2,2-3H3;8-9,11H,4-7H2,1-3H3;5,7-9,11H,4,6H2,1-3H3;9-11H,4-8H2,1-3H3;7-11H,4-6H2,1-3H3;7-9H,4-6H2,1-3H3;4-5,7-9H,6H2,1-3H3;1H4/b7-5+;;9-8+;8-7+;;7-5+;;;;5-4+;/t11-,13+;2*11-,12+;10-,11+;2*8-,9+;9-,10+;7-,8?,9+;2*7-,8+;/m1111111111./s1. The molecule has 11 N–H and O–H groups in total. The van der Waals surface area contributed by atoms with Gasteiger partial charge < -0.3 is 61.0 Å². The number of aliphatic hydroxyl groups excluding tert-OH is 11. The van der Waals surface area contributed by atoms with Crippen LogP contribution in [0.2, 0.25) is 0 Å². The second kappa shape index (κ2) is 104. The third-order valence-electron chi connectivity index (χ3n) is 22.1. The van der Waals surface area contributed by atoms with Crippen molar-refractivity contribution in [3.63, 3.8) is 0 Å². The number of allylic oxidation sites excluding steroid dienone is 10. The van der Waals surface area contributed by atoms with Crippen LogP contribution >= 0.6 is 0 Å². The van der Waals surface area contributed by atoms with Crippen molar-refractivity contribution < 1.29 is 70.6 Å². The highest BCUT2D eigenvalue weighted by molar-refractivity contribution is 5.89. The summed E-state index contributed by atoms with van der Waals surface area (Å²) in [6, 6.07) is 0. The van der Waals surface area contributed by atoms with Crippen LogP contribution in [-0.2, 0) is 14.4 Å². The Morgan fingerprint density at radius 2 is 0.576 bits per heavy atom. The van der Waals surface area contributed by atoms with Crippen molar-refractivity contribution >= 4 is 17.3 Å². The van der Waals surface area contributed by atoms with Gasteiger partial charge in [-0.15, -0.1) is 12.3 Å². The molecule has 0 saturated carbocycles. The summed E-state index contributed by atoms with van der Waals surface area (Å²) in [4.78, 5) is 32.4. The van der Waals surface area contributed by atoms with E-state index < -0.39 is 0 Å². The first kappa shape index (κ1) is 138. The van der Waals surface area contributed by atoms with Crippen molar-refractivity contribution in [3.8, 4) is 12.3 Å². The van der Waals surface area contributed by atoms with Gasteiger partial charge in [0.05, 0.1) is 67.1 Å². The van der Waals surface area contributed by atoms with Crippen molar-refractivity contribution in [1.82, 2.24) is 0 Å². The molecule has 0 aliphatic rings. The zero-order valence-electron chi connectivity index (χ0n) is 82.5. The maximum Gasteiger partial charge on any atom is 0.155 e. The van der Waals surface area contributed by atoms with Gasteiger partial charge in [-0.25, -0.2) is 0 Å². The minimum Gasteiger partial charge on any atom is -0.393 e. The average Bonchev–Trinajstić information content (AvgIpc) is 0.990. The summed E-state index contributed by atoms with van der Waals surface area (Å²) >= 11 is 0.